The molecule has 1 heterocycles. The van der Waals surface area contributed by atoms with Crippen LogP contribution in [-0.2, 0) is 6.42 Å². The quantitative estimate of drug-likeness (QED) is 0.895. The first-order valence-corrected chi connectivity index (χ1v) is 8.07. The Balaban J connectivity index is 1.91. The second-order valence-electron chi connectivity index (χ2n) is 7.43. The van der Waals surface area contributed by atoms with Gasteiger partial charge < -0.3 is 5.32 Å². The van der Waals surface area contributed by atoms with Crippen molar-refractivity contribution in [2.75, 3.05) is 7.05 Å². The highest BCUT2D eigenvalue weighted by Crippen LogP contribution is 2.40. The number of rotatable bonds is 4. The van der Waals surface area contributed by atoms with Crippen LogP contribution in [0, 0.1) is 17.3 Å². The predicted octanol–water partition coefficient (Wildman–Crippen LogP) is 4.06. The van der Waals surface area contributed by atoms with Crippen molar-refractivity contribution in [3.63, 3.8) is 0 Å². The van der Waals surface area contributed by atoms with Crippen molar-refractivity contribution in [1.29, 1.82) is 0 Å². The molecule has 0 spiro atoms. The first-order chi connectivity index (χ1) is 9.50. The molecular weight excluding hydrogens is 244 g/mol. The first kappa shape index (κ1) is 15.5. The van der Waals surface area contributed by atoms with Crippen LogP contribution in [0.25, 0.3) is 0 Å². The van der Waals surface area contributed by atoms with E-state index >= 15 is 0 Å². The van der Waals surface area contributed by atoms with Crippen LogP contribution in [0.15, 0.2) is 24.5 Å². The van der Waals surface area contributed by atoms with Gasteiger partial charge in [0.25, 0.3) is 0 Å². The molecule has 0 bridgehead atoms. The Morgan fingerprint density at radius 1 is 1.15 bits per heavy atom. The maximum atomic E-state index is 4.11. The van der Waals surface area contributed by atoms with Crippen LogP contribution in [-0.4, -0.2) is 18.1 Å². The zero-order valence-corrected chi connectivity index (χ0v) is 13.5. The van der Waals surface area contributed by atoms with Crippen molar-refractivity contribution in [2.45, 2.75) is 58.9 Å². The van der Waals surface area contributed by atoms with E-state index in [9.17, 15) is 0 Å². The summed E-state index contributed by atoms with van der Waals surface area (Å²) in [6.07, 6.45) is 10.5. The molecule has 0 saturated heterocycles. The molecule has 2 nitrogen and oxygen atoms in total. The molecule has 1 aliphatic carbocycles. The van der Waals surface area contributed by atoms with E-state index in [-0.39, 0.29) is 0 Å². The Bertz CT molecular complexity index is 386. The van der Waals surface area contributed by atoms with Gasteiger partial charge in [0.15, 0.2) is 0 Å². The van der Waals surface area contributed by atoms with Crippen LogP contribution < -0.4 is 5.32 Å². The summed E-state index contributed by atoms with van der Waals surface area (Å²) in [6, 6.07) is 4.90. The molecule has 1 unspecified atom stereocenters. The number of nitrogens with one attached hydrogen (secondary N) is 1. The molecule has 112 valence electrons. The van der Waals surface area contributed by atoms with E-state index in [1.807, 2.05) is 12.4 Å². The average molecular weight is 274 g/mol. The minimum absolute atomic E-state index is 0.477. The average Bonchev–Trinajstić information content (AvgIpc) is 2.45. The van der Waals surface area contributed by atoms with E-state index in [0.717, 1.165) is 18.3 Å². The predicted molar refractivity (Wildman–Crippen MR) is 85.7 cm³/mol. The minimum Gasteiger partial charge on any atom is -0.316 e. The van der Waals surface area contributed by atoms with Gasteiger partial charge in [0.2, 0.25) is 0 Å². The molecule has 1 N–H and O–H groups in total. The van der Waals surface area contributed by atoms with E-state index in [2.05, 4.69) is 50.3 Å². The van der Waals surface area contributed by atoms with Gasteiger partial charge in [-0.3, -0.25) is 4.98 Å². The number of nitrogens with zero attached hydrogens (tertiary/aromatic N) is 1. The molecule has 2 rings (SSSR count). The lowest BCUT2D eigenvalue weighted by Crippen LogP contribution is -2.39. The SMILES string of the molecule is CNC(Cc1ccncc1)C1CCC(C(C)(C)C)CC1. The van der Waals surface area contributed by atoms with Crippen LogP contribution in [0.3, 0.4) is 0 Å². The van der Waals surface area contributed by atoms with Gasteiger partial charge in [-0.1, -0.05) is 20.8 Å². The van der Waals surface area contributed by atoms with Gasteiger partial charge in [-0.25, -0.2) is 0 Å². The maximum Gasteiger partial charge on any atom is 0.0270 e. The third-order valence-corrected chi connectivity index (χ3v) is 5.14. The zero-order valence-electron chi connectivity index (χ0n) is 13.5. The second kappa shape index (κ2) is 6.71. The lowest BCUT2D eigenvalue weighted by atomic mass is 9.68. The van der Waals surface area contributed by atoms with Crippen LogP contribution in [0.5, 0.6) is 0 Å². The summed E-state index contributed by atoms with van der Waals surface area (Å²) in [5.41, 5.74) is 1.88. The Morgan fingerprint density at radius 3 is 2.25 bits per heavy atom. The fourth-order valence-corrected chi connectivity index (χ4v) is 3.66. The fourth-order valence-electron chi connectivity index (χ4n) is 3.66. The molecule has 20 heavy (non-hydrogen) atoms. The van der Waals surface area contributed by atoms with Gasteiger partial charge in [-0.05, 0) is 74.1 Å². The first-order valence-electron chi connectivity index (χ1n) is 8.07. The van der Waals surface area contributed by atoms with E-state index in [1.165, 1.54) is 31.2 Å². The van der Waals surface area contributed by atoms with Gasteiger partial charge >= 0.3 is 0 Å². The molecule has 0 aliphatic heterocycles. The molecule has 0 aromatic carbocycles. The van der Waals surface area contributed by atoms with E-state index in [0.29, 0.717) is 11.5 Å². The summed E-state index contributed by atoms with van der Waals surface area (Å²) in [5.74, 6) is 1.73. The van der Waals surface area contributed by atoms with Crippen LogP contribution in [0.2, 0.25) is 0 Å². The van der Waals surface area contributed by atoms with Gasteiger partial charge in [0, 0.05) is 18.4 Å². The second-order valence-corrected chi connectivity index (χ2v) is 7.43. The summed E-state index contributed by atoms with van der Waals surface area (Å²) in [4.78, 5) is 4.11. The van der Waals surface area contributed by atoms with Crippen molar-refractivity contribution in [2.24, 2.45) is 17.3 Å². The van der Waals surface area contributed by atoms with Gasteiger partial charge in [-0.15, -0.1) is 0 Å². The normalized spacial score (nSPS) is 25.4. The summed E-state index contributed by atoms with van der Waals surface area (Å²) in [5, 5.41) is 3.55. The lowest BCUT2D eigenvalue weighted by Gasteiger charge is -2.39. The van der Waals surface area contributed by atoms with Gasteiger partial charge in [-0.2, -0.15) is 0 Å². The molecule has 2 heteroatoms. The van der Waals surface area contributed by atoms with Crippen molar-refractivity contribution in [3.8, 4) is 0 Å². The molecule has 0 amide bonds. The lowest BCUT2D eigenvalue weighted by molar-refractivity contribution is 0.134. The Hall–Kier alpha value is -0.890. The Kier molecular flexibility index (Phi) is 5.20. The monoisotopic (exact) mass is 274 g/mol. The number of hydrogen-bond donors (Lipinski definition) is 1. The Labute approximate surface area is 124 Å². The summed E-state index contributed by atoms with van der Waals surface area (Å²) < 4.78 is 0. The molecule has 1 saturated carbocycles. The van der Waals surface area contributed by atoms with E-state index in [1.54, 1.807) is 0 Å². The van der Waals surface area contributed by atoms with E-state index in [4.69, 9.17) is 0 Å². The molecule has 1 aliphatic rings. The molecular formula is C18H30N2. The smallest absolute Gasteiger partial charge is 0.0270 e. The molecule has 1 fully saturated rings. The summed E-state index contributed by atoms with van der Waals surface area (Å²) in [7, 11) is 2.11. The molecule has 1 atom stereocenters. The maximum absolute atomic E-state index is 4.11. The number of hydrogen-bond acceptors (Lipinski definition) is 2. The van der Waals surface area contributed by atoms with Crippen LogP contribution in [0.4, 0.5) is 0 Å². The number of aromatic nitrogens is 1. The standard InChI is InChI=1S/C18H30N2/c1-18(2,3)16-7-5-15(6-8-16)17(19-4)13-14-9-11-20-12-10-14/h9-12,15-17,19H,5-8,13H2,1-4H3. The van der Waals surface area contributed by atoms with Crippen LogP contribution in [0.1, 0.15) is 52.0 Å². The molecule has 1 aromatic rings. The van der Waals surface area contributed by atoms with E-state index < -0.39 is 0 Å². The topological polar surface area (TPSA) is 24.9 Å². The fraction of sp³-hybridized carbons (Fsp3) is 0.722. The summed E-state index contributed by atoms with van der Waals surface area (Å²) in [6.45, 7) is 7.18. The molecule has 1 aromatic heterocycles. The van der Waals surface area contributed by atoms with Gasteiger partial charge in [0.05, 0.1) is 0 Å². The highest BCUT2D eigenvalue weighted by atomic mass is 14.9. The van der Waals surface area contributed by atoms with Crippen molar-refractivity contribution < 1.29 is 0 Å². The minimum atomic E-state index is 0.477. The highest BCUT2D eigenvalue weighted by molar-refractivity contribution is 5.11. The number of likely N-dealkylation sites (N-methyl/N-ethyl adjacent to an activating group) is 1. The van der Waals surface area contributed by atoms with Crippen molar-refractivity contribution >= 4 is 0 Å². The molecule has 0 radical (unpaired) electrons. The zero-order chi connectivity index (χ0) is 14.6. The van der Waals surface area contributed by atoms with Gasteiger partial charge in [0.1, 0.15) is 0 Å². The largest absolute Gasteiger partial charge is 0.316 e. The van der Waals surface area contributed by atoms with Crippen molar-refractivity contribution in [3.05, 3.63) is 30.1 Å². The van der Waals surface area contributed by atoms with Crippen LogP contribution >= 0.6 is 0 Å². The third-order valence-electron chi connectivity index (χ3n) is 5.14. The third kappa shape index (κ3) is 4.05. The highest BCUT2D eigenvalue weighted by Gasteiger charge is 2.32. The van der Waals surface area contributed by atoms with Crippen molar-refractivity contribution in [1.82, 2.24) is 10.3 Å². The Morgan fingerprint density at radius 2 is 1.75 bits per heavy atom. The summed E-state index contributed by atoms with van der Waals surface area (Å²) >= 11 is 0. The number of pyridine rings is 1.